The zero-order chi connectivity index (χ0) is 31.5. The molecular weight excluding hydrogens is 765 g/mol. The molecule has 46 heavy (non-hydrogen) atoms. The number of nitrogens with zero attached hydrogens (tertiary/aromatic N) is 2. The number of allylic oxidation sites excluding steroid dienone is 2. The molecule has 4 nitrogen and oxygen atoms in total. The number of hydrogen-bond acceptors (Lipinski definition) is 4. The van der Waals surface area contributed by atoms with Gasteiger partial charge in [-0.15, -0.1) is 34.9 Å². The van der Waals surface area contributed by atoms with Crippen molar-refractivity contribution in [2.75, 3.05) is 0 Å². The Kier molecular flexibility index (Phi) is 10.7. The summed E-state index contributed by atoms with van der Waals surface area (Å²) >= 11 is 1.82. The molecule has 3 aromatic heterocycles. The fourth-order valence-electron chi connectivity index (χ4n) is 6.45. The van der Waals surface area contributed by atoms with E-state index in [0.29, 0.717) is 0 Å². The SMILES string of the molecule is CCC(CC)C(=O)/C=C(\O)C(CC)CC.[Ir].[c-]1ccc2c3c1c1ncc4ccccc4c1sc1cccc(c13)n2-c1ccccc1. The number of pyridine rings is 1. The van der Waals surface area contributed by atoms with E-state index in [-0.39, 0.29) is 43.5 Å². The molecule has 0 spiro atoms. The molecule has 0 bridgehead atoms. The number of aromatic nitrogens is 2. The second-order valence-electron chi connectivity index (χ2n) is 11.6. The molecule has 6 heteroatoms. The van der Waals surface area contributed by atoms with Gasteiger partial charge in [-0.05, 0) is 71.6 Å². The first-order valence-corrected chi connectivity index (χ1v) is 16.9. The minimum absolute atomic E-state index is 0. The molecule has 0 aliphatic heterocycles. The molecule has 0 amide bonds. The van der Waals surface area contributed by atoms with E-state index in [0.717, 1.165) is 36.6 Å². The van der Waals surface area contributed by atoms with Gasteiger partial charge in [0, 0.05) is 70.3 Å². The summed E-state index contributed by atoms with van der Waals surface area (Å²) in [6.07, 6.45) is 6.90. The maximum absolute atomic E-state index is 11.7. The Hall–Kier alpha value is -3.83. The van der Waals surface area contributed by atoms with Gasteiger partial charge in [-0.3, -0.25) is 4.79 Å². The van der Waals surface area contributed by atoms with Gasteiger partial charge in [0.05, 0.1) is 5.76 Å². The quantitative estimate of drug-likeness (QED) is 0.0946. The van der Waals surface area contributed by atoms with Gasteiger partial charge in [0.2, 0.25) is 0 Å². The predicted molar refractivity (Wildman–Crippen MR) is 192 cm³/mol. The van der Waals surface area contributed by atoms with Gasteiger partial charge in [-0.2, -0.15) is 0 Å². The maximum atomic E-state index is 11.7. The van der Waals surface area contributed by atoms with Crippen LogP contribution < -0.4 is 0 Å². The van der Waals surface area contributed by atoms with Gasteiger partial charge in [-0.25, -0.2) is 0 Å². The van der Waals surface area contributed by atoms with Crippen molar-refractivity contribution in [2.24, 2.45) is 11.8 Å². The molecule has 0 unspecified atom stereocenters. The number of hydrogen-bond donors (Lipinski definition) is 1. The minimum Gasteiger partial charge on any atom is -0.512 e. The van der Waals surface area contributed by atoms with Crippen molar-refractivity contribution in [3.63, 3.8) is 0 Å². The van der Waals surface area contributed by atoms with Crippen molar-refractivity contribution in [1.82, 2.24) is 9.55 Å². The van der Waals surface area contributed by atoms with Crippen molar-refractivity contribution in [3.8, 4) is 5.69 Å². The molecule has 0 saturated heterocycles. The number of benzene rings is 4. The Balaban J connectivity index is 0.000000225. The number of carbonyl (C=O) groups excluding carboxylic acids is 1. The van der Waals surface area contributed by atoms with Crippen LogP contribution >= 0.6 is 11.3 Å². The average Bonchev–Trinajstić information content (AvgIpc) is 3.34. The van der Waals surface area contributed by atoms with Crippen LogP contribution in [-0.2, 0) is 24.9 Å². The third kappa shape index (κ3) is 6.14. The predicted octanol–water partition coefficient (Wildman–Crippen LogP) is 11.4. The zero-order valence-corrected chi connectivity index (χ0v) is 29.9. The number of rotatable bonds is 8. The third-order valence-corrected chi connectivity index (χ3v) is 10.2. The monoisotopic (exact) mass is 804 g/mol. The number of fused-ring (bicyclic) bond motifs is 4. The normalized spacial score (nSPS) is 11.9. The van der Waals surface area contributed by atoms with Gasteiger partial charge in [0.25, 0.3) is 0 Å². The Morgan fingerprint density at radius 1 is 0.848 bits per heavy atom. The average molecular weight is 804 g/mol. The molecule has 7 aromatic rings. The molecule has 0 aliphatic carbocycles. The van der Waals surface area contributed by atoms with Crippen LogP contribution in [0.1, 0.15) is 53.4 Å². The van der Waals surface area contributed by atoms with Crippen LogP contribution in [-0.4, -0.2) is 20.4 Å². The molecule has 7 rings (SSSR count). The summed E-state index contributed by atoms with van der Waals surface area (Å²) in [5, 5.41) is 15.8. The van der Waals surface area contributed by atoms with E-state index in [1.807, 2.05) is 51.3 Å². The Morgan fingerprint density at radius 3 is 2.24 bits per heavy atom. The third-order valence-electron chi connectivity index (χ3n) is 9.01. The molecule has 0 fully saturated rings. The first-order chi connectivity index (χ1) is 22.0. The van der Waals surface area contributed by atoms with Crippen LogP contribution in [0.5, 0.6) is 0 Å². The van der Waals surface area contributed by atoms with Crippen LogP contribution in [0.15, 0.2) is 103 Å². The number of carbonyl (C=O) groups is 1. The van der Waals surface area contributed by atoms with Crippen molar-refractivity contribution >= 4 is 70.0 Å². The number of para-hydroxylation sites is 1. The van der Waals surface area contributed by atoms with E-state index < -0.39 is 0 Å². The molecule has 3 heterocycles. The van der Waals surface area contributed by atoms with E-state index in [9.17, 15) is 9.90 Å². The minimum atomic E-state index is 0. The summed E-state index contributed by atoms with van der Waals surface area (Å²) in [4.78, 5) is 16.6. The summed E-state index contributed by atoms with van der Waals surface area (Å²) < 4.78 is 4.84. The van der Waals surface area contributed by atoms with E-state index in [2.05, 4.69) is 89.5 Å². The Bertz CT molecular complexity index is 2150. The Morgan fingerprint density at radius 2 is 1.52 bits per heavy atom. The second-order valence-corrected chi connectivity index (χ2v) is 12.6. The topological polar surface area (TPSA) is 55.1 Å². The smallest absolute Gasteiger partial charge is 0.162 e. The fourth-order valence-corrected chi connectivity index (χ4v) is 7.67. The molecule has 4 aromatic carbocycles. The summed E-state index contributed by atoms with van der Waals surface area (Å²) in [6, 6.07) is 33.4. The van der Waals surface area contributed by atoms with Crippen LogP contribution in [0, 0.1) is 17.9 Å². The molecule has 0 atom stereocenters. The fraction of sp³-hybridized carbons (Fsp3) is 0.250. The standard InChI is InChI=1S/C27H15N2S.C13H24O2.Ir/c1-2-9-18(10-3-1)29-21-13-6-12-20-24(21)25-22(29)14-7-15-23(25)30-27-19-11-5-4-8-17(19)16-28-26(20)27;1-5-10(6-2)12(14)9-13(15)11(7-3)8-4;/h1-11,13-16H;9-11,14H,5-8H2,1-4H3;/q-1;;/b;12-9-;. The van der Waals surface area contributed by atoms with Crippen LogP contribution in [0.4, 0.5) is 0 Å². The van der Waals surface area contributed by atoms with E-state index in [1.54, 1.807) is 0 Å². The summed E-state index contributed by atoms with van der Waals surface area (Å²) in [6.45, 7) is 8.07. The van der Waals surface area contributed by atoms with Crippen molar-refractivity contribution in [3.05, 3.63) is 109 Å². The summed E-state index contributed by atoms with van der Waals surface area (Å²) in [5.74, 6) is 0.547. The van der Waals surface area contributed by atoms with Crippen LogP contribution in [0.25, 0.3) is 58.6 Å². The molecular formula is C40H39IrN2O2S-. The first kappa shape index (κ1) is 33.5. The maximum Gasteiger partial charge on any atom is 0.162 e. The van der Waals surface area contributed by atoms with E-state index in [4.69, 9.17) is 4.98 Å². The van der Waals surface area contributed by atoms with E-state index in [1.165, 1.54) is 53.7 Å². The van der Waals surface area contributed by atoms with Crippen molar-refractivity contribution in [1.29, 1.82) is 0 Å². The first-order valence-electron chi connectivity index (χ1n) is 16.0. The van der Waals surface area contributed by atoms with Gasteiger partial charge in [0.1, 0.15) is 0 Å². The van der Waals surface area contributed by atoms with Crippen molar-refractivity contribution < 1.29 is 30.0 Å². The zero-order valence-electron chi connectivity index (χ0n) is 26.7. The van der Waals surface area contributed by atoms with E-state index >= 15 is 0 Å². The van der Waals surface area contributed by atoms with Gasteiger partial charge in [-0.1, -0.05) is 81.6 Å². The number of aliphatic hydroxyl groups excluding tert-OH is 1. The molecule has 0 saturated carbocycles. The summed E-state index contributed by atoms with van der Waals surface area (Å²) in [7, 11) is 0. The molecule has 0 aliphatic rings. The molecule has 237 valence electrons. The van der Waals surface area contributed by atoms with Gasteiger partial charge >= 0.3 is 0 Å². The number of ketones is 1. The molecule has 1 N–H and O–H groups in total. The molecule has 1 radical (unpaired) electrons. The Labute approximate surface area is 288 Å². The van der Waals surface area contributed by atoms with Crippen LogP contribution in [0.3, 0.4) is 0 Å². The van der Waals surface area contributed by atoms with Crippen molar-refractivity contribution in [2.45, 2.75) is 53.4 Å². The largest absolute Gasteiger partial charge is 0.512 e. The van der Waals surface area contributed by atoms with Gasteiger partial charge < -0.3 is 14.7 Å². The van der Waals surface area contributed by atoms with Gasteiger partial charge in [0.15, 0.2) is 5.78 Å². The number of aliphatic hydroxyl groups is 1. The second kappa shape index (κ2) is 14.7. The van der Waals surface area contributed by atoms with Crippen LogP contribution in [0.2, 0.25) is 0 Å². The summed E-state index contributed by atoms with van der Waals surface area (Å²) in [5.41, 5.74) is 4.61.